The molecule has 0 amide bonds. The first-order valence-corrected chi connectivity index (χ1v) is 8.19. The normalized spacial score (nSPS) is 21.2. The van der Waals surface area contributed by atoms with Gasteiger partial charge in [-0.2, -0.15) is 17.0 Å². The maximum atomic E-state index is 12.6. The van der Waals surface area contributed by atoms with Gasteiger partial charge in [0.15, 0.2) is 0 Å². The quantitative estimate of drug-likeness (QED) is 0.864. The van der Waals surface area contributed by atoms with E-state index >= 15 is 0 Å². The molecule has 1 atom stereocenters. The molecule has 112 valence electrons. The first-order chi connectivity index (χ1) is 9.55. The van der Waals surface area contributed by atoms with Crippen molar-refractivity contribution in [1.82, 2.24) is 13.6 Å². The molecule has 1 aliphatic heterocycles. The van der Waals surface area contributed by atoms with E-state index in [-0.39, 0.29) is 19.2 Å². The summed E-state index contributed by atoms with van der Waals surface area (Å²) < 4.78 is 27.9. The summed E-state index contributed by atoms with van der Waals surface area (Å²) in [6, 6.07) is 5.12. The molecule has 0 radical (unpaired) electrons. The predicted molar refractivity (Wildman–Crippen MR) is 76.1 cm³/mol. The molecule has 1 unspecified atom stereocenters. The predicted octanol–water partition coefficient (Wildman–Crippen LogP) is 0.605. The lowest BCUT2D eigenvalue weighted by Crippen LogP contribution is -2.50. The second kappa shape index (κ2) is 6.62. The van der Waals surface area contributed by atoms with Crippen LogP contribution in [0.1, 0.15) is 25.0 Å². The molecule has 1 aromatic heterocycles. The number of hydrogen-bond acceptors (Lipinski definition) is 4. The van der Waals surface area contributed by atoms with Gasteiger partial charge in [-0.15, -0.1) is 0 Å². The van der Waals surface area contributed by atoms with Crippen molar-refractivity contribution < 1.29 is 13.5 Å². The van der Waals surface area contributed by atoms with Crippen LogP contribution in [0, 0.1) is 0 Å². The number of aliphatic hydroxyl groups is 1. The van der Waals surface area contributed by atoms with Gasteiger partial charge in [0.2, 0.25) is 0 Å². The van der Waals surface area contributed by atoms with Crippen LogP contribution in [0.2, 0.25) is 0 Å². The van der Waals surface area contributed by atoms with E-state index in [9.17, 15) is 13.5 Å². The Morgan fingerprint density at radius 2 is 2.25 bits per heavy atom. The highest BCUT2D eigenvalue weighted by molar-refractivity contribution is 7.86. The van der Waals surface area contributed by atoms with E-state index in [1.54, 1.807) is 25.4 Å². The summed E-state index contributed by atoms with van der Waals surface area (Å²) in [5.41, 5.74) is 0.705. The molecule has 0 saturated carbocycles. The number of nitrogens with zero attached hydrogens (tertiary/aromatic N) is 3. The summed E-state index contributed by atoms with van der Waals surface area (Å²) in [6.45, 7) is 0.578. The highest BCUT2D eigenvalue weighted by atomic mass is 32.2. The van der Waals surface area contributed by atoms with Crippen LogP contribution < -0.4 is 0 Å². The zero-order valence-electron chi connectivity index (χ0n) is 11.6. The highest BCUT2D eigenvalue weighted by Gasteiger charge is 2.34. The van der Waals surface area contributed by atoms with Gasteiger partial charge < -0.3 is 5.11 Å². The first kappa shape index (κ1) is 15.4. The van der Waals surface area contributed by atoms with E-state index < -0.39 is 10.2 Å². The lowest BCUT2D eigenvalue weighted by molar-refractivity contribution is 0.148. The van der Waals surface area contributed by atoms with Crippen molar-refractivity contribution in [2.24, 2.45) is 0 Å². The van der Waals surface area contributed by atoms with Gasteiger partial charge in [-0.05, 0) is 25.0 Å². The molecule has 0 spiro atoms. The number of rotatable bonds is 5. The molecule has 0 aliphatic carbocycles. The van der Waals surface area contributed by atoms with Crippen LogP contribution in [0.15, 0.2) is 24.4 Å². The Bertz CT molecular complexity index is 521. The molecule has 1 aliphatic rings. The van der Waals surface area contributed by atoms with Gasteiger partial charge in [0, 0.05) is 25.8 Å². The Morgan fingerprint density at radius 1 is 1.45 bits per heavy atom. The van der Waals surface area contributed by atoms with Gasteiger partial charge in [-0.1, -0.05) is 12.5 Å². The molecule has 20 heavy (non-hydrogen) atoms. The summed E-state index contributed by atoms with van der Waals surface area (Å²) in [5, 5.41) is 9.36. The van der Waals surface area contributed by atoms with Gasteiger partial charge in [0.25, 0.3) is 10.2 Å². The topological polar surface area (TPSA) is 73.7 Å². The molecule has 7 heteroatoms. The molecule has 1 fully saturated rings. The number of aromatic nitrogens is 1. The third-order valence-electron chi connectivity index (χ3n) is 3.58. The van der Waals surface area contributed by atoms with Crippen LogP contribution in [-0.4, -0.2) is 53.4 Å². The minimum atomic E-state index is -3.55. The third kappa shape index (κ3) is 3.35. The molecule has 2 rings (SSSR count). The summed E-state index contributed by atoms with van der Waals surface area (Å²) in [6.07, 6.45) is 4.16. The van der Waals surface area contributed by atoms with Crippen molar-refractivity contribution in [3.8, 4) is 0 Å². The van der Waals surface area contributed by atoms with Crippen molar-refractivity contribution in [3.05, 3.63) is 30.1 Å². The lowest BCUT2D eigenvalue weighted by atomic mass is 10.1. The van der Waals surface area contributed by atoms with E-state index in [0.717, 1.165) is 12.8 Å². The minimum absolute atomic E-state index is 0.128. The zero-order valence-corrected chi connectivity index (χ0v) is 12.5. The fraction of sp³-hybridized carbons (Fsp3) is 0.615. The second-order valence-corrected chi connectivity index (χ2v) is 7.02. The summed E-state index contributed by atoms with van der Waals surface area (Å²) in [7, 11) is -2.01. The smallest absolute Gasteiger partial charge is 0.282 e. The molecule has 1 aromatic rings. The van der Waals surface area contributed by atoms with E-state index in [1.165, 1.54) is 8.61 Å². The Hall–Kier alpha value is -1.02. The maximum Gasteiger partial charge on any atom is 0.282 e. The Kier molecular flexibility index (Phi) is 5.09. The molecule has 1 N–H and O–H groups in total. The minimum Gasteiger partial charge on any atom is -0.395 e. The first-order valence-electron chi connectivity index (χ1n) is 6.79. The fourth-order valence-corrected chi connectivity index (χ4v) is 4.00. The van der Waals surface area contributed by atoms with Gasteiger partial charge in [0.05, 0.1) is 18.8 Å². The standard InChI is InChI=1S/C13H21N3O3S/c1-15(10-12-6-2-4-8-14-12)20(18,19)16-9-5-3-7-13(16)11-17/h2,4,6,8,13,17H,3,5,7,9-11H2,1H3. The van der Waals surface area contributed by atoms with Crippen molar-refractivity contribution >= 4 is 10.2 Å². The molecule has 2 heterocycles. The van der Waals surface area contributed by atoms with Gasteiger partial charge in [0.1, 0.15) is 0 Å². The van der Waals surface area contributed by atoms with Crippen molar-refractivity contribution in [3.63, 3.8) is 0 Å². The molecular formula is C13H21N3O3S. The lowest BCUT2D eigenvalue weighted by Gasteiger charge is -2.35. The van der Waals surface area contributed by atoms with Gasteiger partial charge in [-0.25, -0.2) is 0 Å². The summed E-state index contributed by atoms with van der Waals surface area (Å²) in [5.74, 6) is 0. The van der Waals surface area contributed by atoms with Crippen molar-refractivity contribution in [1.29, 1.82) is 0 Å². The maximum absolute atomic E-state index is 12.6. The van der Waals surface area contributed by atoms with E-state index in [0.29, 0.717) is 18.7 Å². The average molecular weight is 299 g/mol. The number of piperidine rings is 1. The molecule has 6 nitrogen and oxygen atoms in total. The van der Waals surface area contributed by atoms with E-state index in [2.05, 4.69) is 4.98 Å². The number of pyridine rings is 1. The Labute approximate surface area is 120 Å². The van der Waals surface area contributed by atoms with Crippen molar-refractivity contribution in [2.75, 3.05) is 20.2 Å². The largest absolute Gasteiger partial charge is 0.395 e. The monoisotopic (exact) mass is 299 g/mol. The van der Waals surface area contributed by atoms with Gasteiger partial charge >= 0.3 is 0 Å². The van der Waals surface area contributed by atoms with Crippen LogP contribution >= 0.6 is 0 Å². The van der Waals surface area contributed by atoms with Crippen molar-refractivity contribution in [2.45, 2.75) is 31.8 Å². The Morgan fingerprint density at radius 3 is 2.90 bits per heavy atom. The van der Waals surface area contributed by atoms with Crippen LogP contribution in [-0.2, 0) is 16.8 Å². The van der Waals surface area contributed by atoms with Gasteiger partial charge in [-0.3, -0.25) is 4.98 Å². The molecule has 0 bridgehead atoms. The molecular weight excluding hydrogens is 278 g/mol. The second-order valence-electron chi connectivity index (χ2n) is 5.03. The van der Waals surface area contributed by atoms with E-state index in [4.69, 9.17) is 0 Å². The summed E-state index contributed by atoms with van der Waals surface area (Å²) >= 11 is 0. The fourth-order valence-electron chi connectivity index (χ4n) is 2.44. The summed E-state index contributed by atoms with van der Waals surface area (Å²) in [4.78, 5) is 4.14. The van der Waals surface area contributed by atoms with Crippen LogP contribution in [0.25, 0.3) is 0 Å². The zero-order chi connectivity index (χ0) is 14.6. The Balaban J connectivity index is 2.12. The average Bonchev–Trinajstić information content (AvgIpc) is 2.48. The number of aliphatic hydroxyl groups excluding tert-OH is 1. The molecule has 0 aromatic carbocycles. The highest BCUT2D eigenvalue weighted by Crippen LogP contribution is 2.22. The van der Waals surface area contributed by atoms with Crippen LogP contribution in [0.5, 0.6) is 0 Å². The van der Waals surface area contributed by atoms with Crippen LogP contribution in [0.3, 0.4) is 0 Å². The SMILES string of the molecule is CN(Cc1ccccn1)S(=O)(=O)N1CCCCC1CO. The van der Waals surface area contributed by atoms with E-state index in [1.807, 2.05) is 6.07 Å². The molecule has 1 saturated heterocycles. The van der Waals surface area contributed by atoms with Crippen LogP contribution in [0.4, 0.5) is 0 Å². The number of hydrogen-bond donors (Lipinski definition) is 1. The third-order valence-corrected chi connectivity index (χ3v) is 5.58.